The SMILES string of the molecule is Cc1c(-n2ccn3c(S(=O)(=O)Cc4ccsc4Br)nnc3c2=O)cccc1C(F)(F)F. The number of aromatic nitrogens is 4. The van der Waals surface area contributed by atoms with Crippen molar-refractivity contribution >= 4 is 42.8 Å². The van der Waals surface area contributed by atoms with E-state index in [4.69, 9.17) is 0 Å². The van der Waals surface area contributed by atoms with E-state index in [1.807, 2.05) is 0 Å². The summed E-state index contributed by atoms with van der Waals surface area (Å²) < 4.78 is 68.0. The average Bonchev–Trinajstić information content (AvgIpc) is 3.29. The van der Waals surface area contributed by atoms with Crippen LogP contribution in [0, 0.1) is 6.92 Å². The van der Waals surface area contributed by atoms with Gasteiger partial charge in [-0.1, -0.05) is 6.07 Å². The number of nitrogens with zero attached hydrogens (tertiary/aromatic N) is 4. The van der Waals surface area contributed by atoms with Crippen LogP contribution in [-0.2, 0) is 21.8 Å². The quantitative estimate of drug-likeness (QED) is 0.396. The molecule has 0 saturated carbocycles. The number of thiophene rings is 1. The number of fused-ring (bicyclic) bond motifs is 1. The molecule has 3 heterocycles. The van der Waals surface area contributed by atoms with Crippen LogP contribution < -0.4 is 5.56 Å². The van der Waals surface area contributed by atoms with Gasteiger partial charge in [0.05, 0.1) is 20.8 Å². The maximum Gasteiger partial charge on any atom is 0.416 e. The zero-order chi connectivity index (χ0) is 22.6. The van der Waals surface area contributed by atoms with E-state index in [9.17, 15) is 26.4 Å². The second kappa shape index (κ2) is 7.57. The van der Waals surface area contributed by atoms with Crippen molar-refractivity contribution in [3.8, 4) is 5.69 Å². The van der Waals surface area contributed by atoms with Gasteiger partial charge in [0.15, 0.2) is 0 Å². The second-order valence-corrected chi connectivity index (χ2v) is 10.7. The maximum atomic E-state index is 13.2. The highest BCUT2D eigenvalue weighted by Gasteiger charge is 2.33. The predicted octanol–water partition coefficient (Wildman–Crippen LogP) is 4.01. The maximum absolute atomic E-state index is 13.2. The van der Waals surface area contributed by atoms with Gasteiger partial charge in [0.25, 0.3) is 5.16 Å². The molecule has 4 aromatic rings. The molecule has 0 aliphatic carbocycles. The molecule has 0 radical (unpaired) electrons. The first-order chi connectivity index (χ1) is 14.5. The van der Waals surface area contributed by atoms with Crippen LogP contribution in [0.2, 0.25) is 0 Å². The first-order valence-electron chi connectivity index (χ1n) is 8.59. The van der Waals surface area contributed by atoms with E-state index < -0.39 is 32.3 Å². The minimum Gasteiger partial charge on any atom is -0.279 e. The summed E-state index contributed by atoms with van der Waals surface area (Å²) in [4.78, 5) is 12.9. The van der Waals surface area contributed by atoms with Gasteiger partial charge >= 0.3 is 11.7 Å². The van der Waals surface area contributed by atoms with Gasteiger partial charge in [-0.15, -0.1) is 21.5 Å². The Bertz CT molecular complexity index is 1470. The zero-order valence-electron chi connectivity index (χ0n) is 15.6. The van der Waals surface area contributed by atoms with Gasteiger partial charge in [0.1, 0.15) is 0 Å². The highest BCUT2D eigenvalue weighted by atomic mass is 79.9. The average molecular weight is 533 g/mol. The fourth-order valence-electron chi connectivity index (χ4n) is 3.15. The number of rotatable bonds is 4. The molecule has 0 atom stereocenters. The van der Waals surface area contributed by atoms with Crippen LogP contribution >= 0.6 is 27.3 Å². The van der Waals surface area contributed by atoms with Gasteiger partial charge in [0, 0.05) is 12.4 Å². The van der Waals surface area contributed by atoms with Crippen LogP contribution in [0.3, 0.4) is 0 Å². The first-order valence-corrected chi connectivity index (χ1v) is 11.9. The van der Waals surface area contributed by atoms with E-state index in [0.29, 0.717) is 9.35 Å². The lowest BCUT2D eigenvalue weighted by atomic mass is 10.1. The monoisotopic (exact) mass is 532 g/mol. The van der Waals surface area contributed by atoms with E-state index in [-0.39, 0.29) is 22.7 Å². The summed E-state index contributed by atoms with van der Waals surface area (Å²) in [7, 11) is -3.95. The molecule has 0 saturated heterocycles. The van der Waals surface area contributed by atoms with Crippen molar-refractivity contribution < 1.29 is 21.6 Å². The van der Waals surface area contributed by atoms with Crippen molar-refractivity contribution in [3.63, 3.8) is 0 Å². The molecule has 3 aromatic heterocycles. The predicted molar refractivity (Wildman–Crippen MR) is 111 cm³/mol. The molecule has 0 amide bonds. The van der Waals surface area contributed by atoms with Crippen LogP contribution in [0.15, 0.2) is 55.8 Å². The van der Waals surface area contributed by atoms with Crippen molar-refractivity contribution in [1.29, 1.82) is 0 Å². The summed E-state index contributed by atoms with van der Waals surface area (Å²) in [5, 5.41) is 8.67. The lowest BCUT2D eigenvalue weighted by molar-refractivity contribution is -0.138. The minimum absolute atomic E-state index is 0.0111. The molecule has 31 heavy (non-hydrogen) atoms. The van der Waals surface area contributed by atoms with Gasteiger partial charge < -0.3 is 0 Å². The van der Waals surface area contributed by atoms with E-state index in [1.165, 1.54) is 42.8 Å². The van der Waals surface area contributed by atoms with Gasteiger partial charge in [-0.2, -0.15) is 13.2 Å². The fraction of sp³-hybridized carbons (Fsp3) is 0.167. The summed E-state index contributed by atoms with van der Waals surface area (Å²) in [6, 6.07) is 5.14. The molecule has 0 fully saturated rings. The van der Waals surface area contributed by atoms with Gasteiger partial charge in [-0.3, -0.25) is 13.8 Å². The number of hydrogen-bond acceptors (Lipinski definition) is 6. The van der Waals surface area contributed by atoms with Crippen molar-refractivity contribution in [2.24, 2.45) is 0 Å². The van der Waals surface area contributed by atoms with Gasteiger partial charge in [-0.25, -0.2) is 8.42 Å². The van der Waals surface area contributed by atoms with Crippen molar-refractivity contribution in [2.45, 2.75) is 24.0 Å². The van der Waals surface area contributed by atoms with Crippen LogP contribution in [0.1, 0.15) is 16.7 Å². The Morgan fingerprint density at radius 2 is 1.90 bits per heavy atom. The molecular formula is C18H12BrF3N4O3S2. The summed E-state index contributed by atoms with van der Waals surface area (Å²) in [5.41, 5.74) is -1.58. The number of hydrogen-bond donors (Lipinski definition) is 0. The summed E-state index contributed by atoms with van der Waals surface area (Å²) in [6.07, 6.45) is -2.15. The molecule has 1 aromatic carbocycles. The first kappa shape index (κ1) is 21.7. The van der Waals surface area contributed by atoms with E-state index in [0.717, 1.165) is 15.0 Å². The molecule has 0 aliphatic heterocycles. The molecule has 162 valence electrons. The van der Waals surface area contributed by atoms with Crippen LogP contribution in [0.25, 0.3) is 11.3 Å². The van der Waals surface area contributed by atoms with E-state index in [1.54, 1.807) is 11.4 Å². The molecule has 7 nitrogen and oxygen atoms in total. The van der Waals surface area contributed by atoms with E-state index >= 15 is 0 Å². The largest absolute Gasteiger partial charge is 0.416 e. The van der Waals surface area contributed by atoms with Crippen LogP contribution in [-0.4, -0.2) is 27.6 Å². The number of benzene rings is 1. The standard InChI is InChI=1S/C18H12BrF3N4O3S2/c1-10-12(18(20,21)22)3-2-4-13(10)25-6-7-26-15(16(25)27)23-24-17(26)31(28,29)9-11-5-8-30-14(11)19/h2-8H,9H2,1H3. The van der Waals surface area contributed by atoms with Crippen molar-refractivity contribution in [3.05, 3.63) is 72.9 Å². The van der Waals surface area contributed by atoms with Gasteiger partial charge in [0.2, 0.25) is 15.5 Å². The Kier molecular flexibility index (Phi) is 5.30. The van der Waals surface area contributed by atoms with Gasteiger partial charge in [-0.05, 0) is 57.6 Å². The van der Waals surface area contributed by atoms with Crippen LogP contribution in [0.5, 0.6) is 0 Å². The zero-order valence-corrected chi connectivity index (χ0v) is 18.8. The van der Waals surface area contributed by atoms with Crippen LogP contribution in [0.4, 0.5) is 13.2 Å². The third kappa shape index (κ3) is 3.81. The molecule has 0 aliphatic rings. The topological polar surface area (TPSA) is 86.3 Å². The third-order valence-corrected chi connectivity index (χ3v) is 7.96. The lowest BCUT2D eigenvalue weighted by Gasteiger charge is -2.15. The third-order valence-electron chi connectivity index (χ3n) is 4.63. The highest BCUT2D eigenvalue weighted by molar-refractivity contribution is 9.11. The normalized spacial score (nSPS) is 12.5. The highest BCUT2D eigenvalue weighted by Crippen LogP contribution is 2.33. The Morgan fingerprint density at radius 1 is 1.16 bits per heavy atom. The molecule has 4 rings (SSSR count). The molecule has 0 N–H and O–H groups in total. The van der Waals surface area contributed by atoms with Crippen molar-refractivity contribution in [1.82, 2.24) is 19.2 Å². The smallest absolute Gasteiger partial charge is 0.279 e. The lowest BCUT2D eigenvalue weighted by Crippen LogP contribution is -2.22. The molecule has 0 unspecified atom stereocenters. The minimum atomic E-state index is -4.58. The molecule has 0 spiro atoms. The number of alkyl halides is 3. The Balaban J connectivity index is 1.83. The molecule has 13 heteroatoms. The summed E-state index contributed by atoms with van der Waals surface area (Å²) in [6.45, 7) is 1.26. The molecular weight excluding hydrogens is 521 g/mol. The summed E-state index contributed by atoms with van der Waals surface area (Å²) >= 11 is 4.61. The Hall–Kier alpha value is -2.51. The van der Waals surface area contributed by atoms with Crippen molar-refractivity contribution in [2.75, 3.05) is 0 Å². The summed E-state index contributed by atoms with van der Waals surface area (Å²) in [5.74, 6) is -0.353. The molecule has 0 bridgehead atoms. The number of halogens is 4. The van der Waals surface area contributed by atoms with E-state index in [2.05, 4.69) is 26.1 Å². The number of sulfone groups is 1. The Labute approximate surface area is 185 Å². The fourth-order valence-corrected chi connectivity index (χ4v) is 6.06. The Morgan fingerprint density at radius 3 is 2.55 bits per heavy atom. The second-order valence-electron chi connectivity index (χ2n) is 6.58.